The predicted octanol–water partition coefficient (Wildman–Crippen LogP) is -0.000900. The molecule has 0 fully saturated rings. The molecule has 0 saturated carbocycles. The van der Waals surface area contributed by atoms with Crippen molar-refractivity contribution < 1.29 is 24.6 Å². The SMILES string of the molecule is CSCCC(NC(=O)C(N)CS)C(=O)NC(Cc1ccc(O)cc1)C(=O)O. The van der Waals surface area contributed by atoms with E-state index in [0.29, 0.717) is 17.7 Å². The quantitative estimate of drug-likeness (QED) is 0.279. The number of carboxylic acids is 1. The Balaban J connectivity index is 2.82. The van der Waals surface area contributed by atoms with E-state index in [4.69, 9.17) is 5.73 Å². The highest BCUT2D eigenvalue weighted by atomic mass is 32.2. The molecule has 10 heteroatoms. The van der Waals surface area contributed by atoms with Gasteiger partial charge in [-0.15, -0.1) is 0 Å². The second kappa shape index (κ2) is 11.7. The van der Waals surface area contributed by atoms with Gasteiger partial charge >= 0.3 is 5.97 Å². The molecule has 1 rings (SSSR count). The number of carboxylic acid groups (broad SMARTS) is 1. The van der Waals surface area contributed by atoms with Crippen molar-refractivity contribution in [2.75, 3.05) is 17.8 Å². The zero-order chi connectivity index (χ0) is 20.4. The molecule has 0 bridgehead atoms. The first kappa shape index (κ1) is 23.1. The van der Waals surface area contributed by atoms with Gasteiger partial charge in [0.15, 0.2) is 0 Å². The molecule has 3 atom stereocenters. The Hall–Kier alpha value is -1.91. The average Bonchev–Trinajstić information content (AvgIpc) is 2.64. The molecule has 0 heterocycles. The van der Waals surface area contributed by atoms with Gasteiger partial charge in [-0.3, -0.25) is 9.59 Å². The number of aliphatic carboxylic acids is 1. The maximum Gasteiger partial charge on any atom is 0.326 e. The van der Waals surface area contributed by atoms with Crippen molar-refractivity contribution in [3.05, 3.63) is 29.8 Å². The van der Waals surface area contributed by atoms with E-state index in [0.717, 1.165) is 0 Å². The first-order chi connectivity index (χ1) is 12.8. The molecule has 1 aromatic carbocycles. The fourth-order valence-electron chi connectivity index (χ4n) is 2.21. The van der Waals surface area contributed by atoms with E-state index in [1.807, 2.05) is 6.26 Å². The lowest BCUT2D eigenvalue weighted by Gasteiger charge is -2.22. The Labute approximate surface area is 167 Å². The lowest BCUT2D eigenvalue weighted by Crippen LogP contribution is -2.55. The number of phenols is 1. The number of carbonyl (C=O) groups excluding carboxylic acids is 2. The summed E-state index contributed by atoms with van der Waals surface area (Å²) in [4.78, 5) is 36.1. The first-order valence-electron chi connectivity index (χ1n) is 8.25. The number of nitrogens with one attached hydrogen (secondary N) is 2. The van der Waals surface area contributed by atoms with Gasteiger partial charge in [0.2, 0.25) is 11.8 Å². The Morgan fingerprint density at radius 2 is 1.74 bits per heavy atom. The monoisotopic (exact) mass is 415 g/mol. The highest BCUT2D eigenvalue weighted by Gasteiger charge is 2.27. The summed E-state index contributed by atoms with van der Waals surface area (Å²) >= 11 is 5.46. The van der Waals surface area contributed by atoms with E-state index < -0.39 is 35.9 Å². The topological polar surface area (TPSA) is 142 Å². The molecule has 6 N–H and O–H groups in total. The van der Waals surface area contributed by atoms with Crippen molar-refractivity contribution in [1.29, 1.82) is 0 Å². The minimum atomic E-state index is -1.20. The molecule has 0 saturated heterocycles. The number of thiol groups is 1. The summed E-state index contributed by atoms with van der Waals surface area (Å²) in [7, 11) is 0. The van der Waals surface area contributed by atoms with E-state index in [9.17, 15) is 24.6 Å². The third-order valence-corrected chi connectivity index (χ3v) is 4.81. The molecule has 0 aliphatic rings. The Bertz CT molecular complexity index is 642. The number of nitrogens with two attached hydrogens (primary N) is 1. The summed E-state index contributed by atoms with van der Waals surface area (Å²) in [5.74, 6) is -1.51. The number of phenolic OH excluding ortho intramolecular Hbond substituents is 1. The normalized spacial score (nSPS) is 14.0. The number of thioether (sulfide) groups is 1. The third-order valence-electron chi connectivity index (χ3n) is 3.77. The predicted molar refractivity (Wildman–Crippen MR) is 108 cm³/mol. The van der Waals surface area contributed by atoms with Gasteiger partial charge in [-0.1, -0.05) is 12.1 Å². The van der Waals surface area contributed by atoms with Crippen LogP contribution in [-0.4, -0.2) is 63.9 Å². The second-order valence-corrected chi connectivity index (χ2v) is 7.25. The van der Waals surface area contributed by atoms with Crippen LogP contribution in [0.4, 0.5) is 0 Å². The lowest BCUT2D eigenvalue weighted by molar-refractivity contribution is -0.142. The van der Waals surface area contributed by atoms with Crippen molar-refractivity contribution in [1.82, 2.24) is 10.6 Å². The number of carbonyl (C=O) groups is 3. The second-order valence-electron chi connectivity index (χ2n) is 5.90. The molecule has 1 aromatic rings. The van der Waals surface area contributed by atoms with E-state index in [2.05, 4.69) is 23.3 Å². The van der Waals surface area contributed by atoms with Crippen molar-refractivity contribution >= 4 is 42.2 Å². The molecule has 27 heavy (non-hydrogen) atoms. The van der Waals surface area contributed by atoms with Gasteiger partial charge in [0.25, 0.3) is 0 Å². The van der Waals surface area contributed by atoms with E-state index in [1.54, 1.807) is 12.1 Å². The van der Waals surface area contributed by atoms with E-state index in [-0.39, 0.29) is 17.9 Å². The summed E-state index contributed by atoms with van der Waals surface area (Å²) in [6, 6.07) is 3.12. The average molecular weight is 416 g/mol. The van der Waals surface area contributed by atoms with Gasteiger partial charge in [0, 0.05) is 12.2 Å². The molecular weight excluding hydrogens is 390 g/mol. The smallest absolute Gasteiger partial charge is 0.326 e. The zero-order valence-electron chi connectivity index (χ0n) is 14.9. The van der Waals surface area contributed by atoms with Crippen LogP contribution in [0.3, 0.4) is 0 Å². The maximum atomic E-state index is 12.6. The number of rotatable bonds is 11. The summed E-state index contributed by atoms with van der Waals surface area (Å²) < 4.78 is 0. The van der Waals surface area contributed by atoms with Gasteiger partial charge in [0.05, 0.1) is 6.04 Å². The molecule has 8 nitrogen and oxygen atoms in total. The Morgan fingerprint density at radius 1 is 1.15 bits per heavy atom. The van der Waals surface area contributed by atoms with Gasteiger partial charge in [0.1, 0.15) is 17.8 Å². The van der Waals surface area contributed by atoms with Crippen molar-refractivity contribution in [2.45, 2.75) is 31.0 Å². The summed E-state index contributed by atoms with van der Waals surface area (Å²) in [5.41, 5.74) is 6.26. The minimum Gasteiger partial charge on any atom is -0.508 e. The fraction of sp³-hybridized carbons (Fsp3) is 0.471. The minimum absolute atomic E-state index is 0.0424. The molecule has 0 aliphatic carbocycles. The van der Waals surface area contributed by atoms with Crippen LogP contribution in [-0.2, 0) is 20.8 Å². The summed E-state index contributed by atoms with van der Waals surface area (Å²) in [6.07, 6.45) is 2.24. The van der Waals surface area contributed by atoms with Crippen LogP contribution in [0.1, 0.15) is 12.0 Å². The number of amides is 2. The number of aromatic hydroxyl groups is 1. The standard InChI is InChI=1S/C17H25N3O5S2/c1-27-7-6-13(19-15(22)12(18)9-26)16(23)20-14(17(24)25)8-10-2-4-11(21)5-3-10/h2-5,12-14,21,26H,6-9,18H2,1H3,(H,19,22)(H,20,23)(H,24,25). The molecular formula is C17H25N3O5S2. The summed E-state index contributed by atoms with van der Waals surface area (Å²) in [5, 5.41) is 23.7. The number of hydrogen-bond acceptors (Lipinski definition) is 7. The van der Waals surface area contributed by atoms with Gasteiger partial charge in [-0.05, 0) is 36.1 Å². The molecule has 3 unspecified atom stereocenters. The Morgan fingerprint density at radius 3 is 2.26 bits per heavy atom. The molecule has 0 spiro atoms. The van der Waals surface area contributed by atoms with Crippen LogP contribution < -0.4 is 16.4 Å². The maximum absolute atomic E-state index is 12.6. The zero-order valence-corrected chi connectivity index (χ0v) is 16.6. The molecule has 0 radical (unpaired) electrons. The van der Waals surface area contributed by atoms with Crippen LogP contribution in [0.25, 0.3) is 0 Å². The third kappa shape index (κ3) is 8.10. The summed E-state index contributed by atoms with van der Waals surface area (Å²) in [6.45, 7) is 0. The van der Waals surface area contributed by atoms with Crippen LogP contribution >= 0.6 is 24.4 Å². The number of hydrogen-bond donors (Lipinski definition) is 6. The number of benzene rings is 1. The van der Waals surface area contributed by atoms with Gasteiger partial charge in [-0.25, -0.2) is 4.79 Å². The van der Waals surface area contributed by atoms with Crippen molar-refractivity contribution in [3.8, 4) is 5.75 Å². The van der Waals surface area contributed by atoms with Crippen LogP contribution in [0.2, 0.25) is 0 Å². The van der Waals surface area contributed by atoms with Crippen LogP contribution in [0.5, 0.6) is 5.75 Å². The van der Waals surface area contributed by atoms with Gasteiger partial charge in [-0.2, -0.15) is 24.4 Å². The first-order valence-corrected chi connectivity index (χ1v) is 10.3. The molecule has 0 aliphatic heterocycles. The molecule has 0 aromatic heterocycles. The fourth-order valence-corrected chi connectivity index (χ4v) is 2.84. The highest BCUT2D eigenvalue weighted by Crippen LogP contribution is 2.12. The van der Waals surface area contributed by atoms with E-state index >= 15 is 0 Å². The van der Waals surface area contributed by atoms with Crippen molar-refractivity contribution in [2.24, 2.45) is 5.73 Å². The molecule has 2 amide bonds. The van der Waals surface area contributed by atoms with Crippen LogP contribution in [0.15, 0.2) is 24.3 Å². The largest absolute Gasteiger partial charge is 0.508 e. The Kier molecular flexibility index (Phi) is 10.0. The van der Waals surface area contributed by atoms with Crippen LogP contribution in [0, 0.1) is 0 Å². The van der Waals surface area contributed by atoms with E-state index in [1.165, 1.54) is 23.9 Å². The molecule has 150 valence electrons. The van der Waals surface area contributed by atoms with Crippen molar-refractivity contribution in [3.63, 3.8) is 0 Å². The van der Waals surface area contributed by atoms with Gasteiger partial charge < -0.3 is 26.6 Å². The lowest BCUT2D eigenvalue weighted by atomic mass is 10.0. The highest BCUT2D eigenvalue weighted by molar-refractivity contribution is 7.98.